The van der Waals surface area contributed by atoms with Crippen LogP contribution in [0.5, 0.6) is 5.88 Å². The van der Waals surface area contributed by atoms with Crippen LogP contribution in [-0.2, 0) is 18.9 Å². The summed E-state index contributed by atoms with van der Waals surface area (Å²) < 4.78 is 30.5. The quantitative estimate of drug-likeness (QED) is 0.383. The van der Waals surface area contributed by atoms with Gasteiger partial charge >= 0.3 is 11.9 Å². The summed E-state index contributed by atoms with van der Waals surface area (Å²) in [6, 6.07) is 0. The van der Waals surface area contributed by atoms with Crippen LogP contribution in [0.4, 0.5) is 0 Å². The minimum Gasteiger partial charge on any atom is -0.476 e. The Bertz CT molecular complexity index is 1320. The fraction of sp³-hybridized carbons (Fsp3) is 0.742. The smallest absolute Gasteiger partial charge is 0.345 e. The molecule has 12 heteroatoms. The number of hydrogen-bond acceptors (Lipinski definition) is 9. The number of esters is 2. The zero-order valence-corrected chi connectivity index (χ0v) is 25.3. The molecule has 3 saturated carbocycles. The molecule has 0 bridgehead atoms. The lowest BCUT2D eigenvalue weighted by Gasteiger charge is -2.23. The molecule has 12 nitrogen and oxygen atoms in total. The van der Waals surface area contributed by atoms with Gasteiger partial charge < -0.3 is 23.7 Å². The molecule has 2 atom stereocenters. The van der Waals surface area contributed by atoms with Crippen molar-refractivity contribution in [3.8, 4) is 5.88 Å². The van der Waals surface area contributed by atoms with E-state index in [-0.39, 0.29) is 30.6 Å². The number of aromatic amines is 1. The van der Waals surface area contributed by atoms with Crippen molar-refractivity contribution in [2.45, 2.75) is 96.9 Å². The predicted molar refractivity (Wildman–Crippen MR) is 154 cm³/mol. The molecule has 2 unspecified atom stereocenters. The van der Waals surface area contributed by atoms with Crippen molar-refractivity contribution in [1.82, 2.24) is 19.6 Å². The molecule has 0 amide bonds. The van der Waals surface area contributed by atoms with Crippen LogP contribution in [0.25, 0.3) is 0 Å². The highest BCUT2D eigenvalue weighted by Crippen LogP contribution is 2.93. The van der Waals surface area contributed by atoms with Crippen molar-refractivity contribution in [2.24, 2.45) is 16.7 Å². The first-order chi connectivity index (χ1) is 20.9. The van der Waals surface area contributed by atoms with Crippen molar-refractivity contribution < 1.29 is 33.3 Å². The molecule has 2 aromatic rings. The highest BCUT2D eigenvalue weighted by Gasteiger charge is 2.85. The highest BCUT2D eigenvalue weighted by atomic mass is 16.5. The molecule has 2 saturated heterocycles. The van der Waals surface area contributed by atoms with Crippen LogP contribution < -0.4 is 10.3 Å². The standard InChI is InChI=1S/C20H28N2O4.C11H16N2O4/c1-2-24-18(23)14-13-22(16-5-3-4-11-25-16)21-17(14)26-12-6-15-19(7-8-19)20(15)9-10-20;1-2-16-11(15)8-7-13(12-10(8)14)9-5-3-4-6-17-9/h13,15-16H,2-12H2,1H3;7,9H,2-6H2,1H3,(H,12,14). The topological polar surface area (TPSA) is 136 Å². The molecule has 2 spiro atoms. The van der Waals surface area contributed by atoms with Crippen LogP contribution in [0.2, 0.25) is 0 Å². The maximum Gasteiger partial charge on any atom is 0.345 e. The minimum atomic E-state index is -0.594. The molecular formula is C31H44N4O8. The van der Waals surface area contributed by atoms with Gasteiger partial charge in [0.1, 0.15) is 23.6 Å². The Hall–Kier alpha value is -3.12. The average molecular weight is 601 g/mol. The summed E-state index contributed by atoms with van der Waals surface area (Å²) in [7, 11) is 0. The molecule has 2 aromatic heterocycles. The zero-order chi connectivity index (χ0) is 30.0. The SMILES string of the molecule is CCOC(=O)c1cn(C2CCCCO2)[nH]c1=O.CCOC(=O)c1cn(C2CCCCO2)nc1OCCC1C2(CC2)C12CC2. The summed E-state index contributed by atoms with van der Waals surface area (Å²) in [5.41, 5.74) is 1.39. The van der Waals surface area contributed by atoms with Gasteiger partial charge in [-0.25, -0.2) is 14.3 Å². The van der Waals surface area contributed by atoms with Crippen LogP contribution in [0.1, 0.15) is 118 Å². The van der Waals surface area contributed by atoms with E-state index >= 15 is 0 Å². The molecule has 7 rings (SSSR count). The lowest BCUT2D eigenvalue weighted by Crippen LogP contribution is -2.20. The third-order valence-electron chi connectivity index (χ3n) is 9.81. The van der Waals surface area contributed by atoms with E-state index in [0.29, 0.717) is 42.1 Å². The summed E-state index contributed by atoms with van der Waals surface area (Å²) in [5, 5.41) is 7.12. The fourth-order valence-corrected chi connectivity index (χ4v) is 7.40. The second-order valence-electron chi connectivity index (χ2n) is 12.3. The Morgan fingerprint density at radius 2 is 1.51 bits per heavy atom. The number of carbonyl (C=O) groups is 2. The first kappa shape index (κ1) is 29.9. The van der Waals surface area contributed by atoms with E-state index in [4.69, 9.17) is 23.7 Å². The molecule has 0 aromatic carbocycles. The van der Waals surface area contributed by atoms with Gasteiger partial charge in [-0.15, -0.1) is 5.10 Å². The summed E-state index contributed by atoms with van der Waals surface area (Å²) in [6.07, 6.45) is 15.7. The minimum absolute atomic E-state index is 0.0287. The van der Waals surface area contributed by atoms with E-state index in [1.165, 1.54) is 31.9 Å². The molecule has 2 aliphatic heterocycles. The maximum atomic E-state index is 12.3. The Balaban J connectivity index is 0.000000168. The molecule has 43 heavy (non-hydrogen) atoms. The summed E-state index contributed by atoms with van der Waals surface area (Å²) in [6.45, 7) is 6.15. The molecule has 5 fully saturated rings. The number of hydrogen-bond donors (Lipinski definition) is 1. The van der Waals surface area contributed by atoms with Crippen molar-refractivity contribution in [3.05, 3.63) is 33.9 Å². The number of nitrogens with zero attached hydrogens (tertiary/aromatic N) is 3. The molecule has 4 heterocycles. The van der Waals surface area contributed by atoms with Gasteiger partial charge in [0.2, 0.25) is 5.88 Å². The van der Waals surface area contributed by atoms with Gasteiger partial charge in [0.05, 0.1) is 19.8 Å². The molecule has 5 aliphatic rings. The van der Waals surface area contributed by atoms with E-state index in [2.05, 4.69) is 10.2 Å². The number of H-pyrrole nitrogens is 1. The lowest BCUT2D eigenvalue weighted by atomic mass is 10.2. The Labute approximate surface area is 251 Å². The van der Waals surface area contributed by atoms with E-state index in [1.807, 2.05) is 6.92 Å². The zero-order valence-electron chi connectivity index (χ0n) is 25.3. The third kappa shape index (κ3) is 6.00. The van der Waals surface area contributed by atoms with Crippen LogP contribution in [0.3, 0.4) is 0 Å². The first-order valence-corrected chi connectivity index (χ1v) is 16.0. The van der Waals surface area contributed by atoms with Gasteiger partial charge in [0.15, 0.2) is 0 Å². The Kier molecular flexibility index (Phi) is 8.68. The number of rotatable bonds is 10. The van der Waals surface area contributed by atoms with Crippen molar-refractivity contribution in [2.75, 3.05) is 33.0 Å². The Morgan fingerprint density at radius 3 is 2.07 bits per heavy atom. The van der Waals surface area contributed by atoms with E-state index in [1.54, 1.807) is 22.5 Å². The van der Waals surface area contributed by atoms with Gasteiger partial charge in [0, 0.05) is 25.6 Å². The number of carbonyl (C=O) groups excluding carboxylic acids is 2. The van der Waals surface area contributed by atoms with Gasteiger partial charge in [-0.1, -0.05) is 0 Å². The van der Waals surface area contributed by atoms with Gasteiger partial charge in [-0.3, -0.25) is 14.6 Å². The van der Waals surface area contributed by atoms with Crippen molar-refractivity contribution in [1.29, 1.82) is 0 Å². The molecule has 3 aliphatic carbocycles. The normalized spacial score (nSPS) is 24.6. The van der Waals surface area contributed by atoms with Gasteiger partial charge in [-0.2, -0.15) is 0 Å². The van der Waals surface area contributed by atoms with Crippen molar-refractivity contribution >= 4 is 11.9 Å². The number of ether oxygens (including phenoxy) is 5. The van der Waals surface area contributed by atoms with E-state index < -0.39 is 11.5 Å². The lowest BCUT2D eigenvalue weighted by molar-refractivity contribution is -0.0401. The molecular weight excluding hydrogens is 556 g/mol. The second-order valence-corrected chi connectivity index (χ2v) is 12.3. The summed E-state index contributed by atoms with van der Waals surface area (Å²) >= 11 is 0. The number of nitrogens with one attached hydrogen (secondary N) is 1. The van der Waals surface area contributed by atoms with E-state index in [0.717, 1.165) is 57.5 Å². The van der Waals surface area contributed by atoms with Gasteiger partial charge in [-0.05, 0) is 101 Å². The number of fused-ring (bicyclic) bond motifs is 1. The summed E-state index contributed by atoms with van der Waals surface area (Å²) in [4.78, 5) is 35.3. The van der Waals surface area contributed by atoms with Gasteiger partial charge in [0.25, 0.3) is 5.56 Å². The second kappa shape index (κ2) is 12.5. The predicted octanol–water partition coefficient (Wildman–Crippen LogP) is 4.77. The van der Waals surface area contributed by atoms with Crippen LogP contribution >= 0.6 is 0 Å². The monoisotopic (exact) mass is 600 g/mol. The third-order valence-corrected chi connectivity index (χ3v) is 9.81. The molecule has 0 radical (unpaired) electrons. The van der Waals surface area contributed by atoms with Crippen LogP contribution in [0, 0.1) is 16.7 Å². The first-order valence-electron chi connectivity index (χ1n) is 16.0. The highest BCUT2D eigenvalue weighted by molar-refractivity contribution is 5.91. The maximum absolute atomic E-state index is 12.3. The van der Waals surface area contributed by atoms with Crippen LogP contribution in [-0.4, -0.2) is 64.5 Å². The molecule has 236 valence electrons. The largest absolute Gasteiger partial charge is 0.476 e. The Morgan fingerprint density at radius 1 is 0.907 bits per heavy atom. The summed E-state index contributed by atoms with van der Waals surface area (Å²) in [5.74, 6) is 0.273. The van der Waals surface area contributed by atoms with E-state index in [9.17, 15) is 14.4 Å². The molecule has 1 N–H and O–H groups in total. The van der Waals surface area contributed by atoms with Crippen molar-refractivity contribution in [3.63, 3.8) is 0 Å². The number of aromatic nitrogens is 4. The van der Waals surface area contributed by atoms with Crippen LogP contribution in [0.15, 0.2) is 17.2 Å². The fourth-order valence-electron chi connectivity index (χ4n) is 7.40. The average Bonchev–Trinajstić information content (AvgIpc) is 3.98.